The standard InChI is InChI=1S/C13H19NO2.ClH/c1-2-3-4-9-14-10-11-5-7-12(8-6-11)13(15)16;/h5-8,14H,2-4,9-10H2,1H3,(H,15,16);1H. The van der Waals surface area contributed by atoms with Gasteiger partial charge in [-0.05, 0) is 30.7 Å². The number of hydrogen-bond acceptors (Lipinski definition) is 2. The number of halogens is 1. The summed E-state index contributed by atoms with van der Waals surface area (Å²) in [5, 5.41) is 12.1. The van der Waals surface area contributed by atoms with Crippen molar-refractivity contribution in [3.63, 3.8) is 0 Å². The van der Waals surface area contributed by atoms with Crippen LogP contribution >= 0.6 is 12.4 Å². The summed E-state index contributed by atoms with van der Waals surface area (Å²) in [6.45, 7) is 4.02. The Morgan fingerprint density at radius 2 is 1.88 bits per heavy atom. The molecule has 0 radical (unpaired) electrons. The van der Waals surface area contributed by atoms with Crippen LogP contribution in [0.5, 0.6) is 0 Å². The molecule has 0 saturated carbocycles. The zero-order valence-electron chi connectivity index (χ0n) is 10.1. The van der Waals surface area contributed by atoms with Crippen molar-refractivity contribution in [1.29, 1.82) is 0 Å². The number of benzene rings is 1. The molecule has 0 saturated heterocycles. The molecule has 17 heavy (non-hydrogen) atoms. The van der Waals surface area contributed by atoms with Gasteiger partial charge >= 0.3 is 5.97 Å². The van der Waals surface area contributed by atoms with Crippen molar-refractivity contribution in [2.24, 2.45) is 0 Å². The molecule has 0 unspecified atom stereocenters. The van der Waals surface area contributed by atoms with Crippen LogP contribution in [0, 0.1) is 0 Å². The molecule has 2 N–H and O–H groups in total. The fourth-order valence-corrected chi connectivity index (χ4v) is 1.50. The van der Waals surface area contributed by atoms with Crippen molar-refractivity contribution < 1.29 is 9.90 Å². The number of carboxylic acid groups (broad SMARTS) is 1. The summed E-state index contributed by atoms with van der Waals surface area (Å²) in [6.07, 6.45) is 3.68. The van der Waals surface area contributed by atoms with E-state index in [1.165, 1.54) is 19.3 Å². The Hall–Kier alpha value is -1.06. The number of rotatable bonds is 7. The Morgan fingerprint density at radius 1 is 1.24 bits per heavy atom. The Labute approximate surface area is 109 Å². The third-order valence-corrected chi connectivity index (χ3v) is 2.49. The minimum absolute atomic E-state index is 0. The van der Waals surface area contributed by atoms with Crippen molar-refractivity contribution in [1.82, 2.24) is 5.32 Å². The first kappa shape index (κ1) is 15.9. The highest BCUT2D eigenvalue weighted by Crippen LogP contribution is 2.04. The van der Waals surface area contributed by atoms with Crippen LogP contribution < -0.4 is 5.32 Å². The molecule has 0 heterocycles. The van der Waals surface area contributed by atoms with Gasteiger partial charge < -0.3 is 10.4 Å². The number of nitrogens with one attached hydrogen (secondary N) is 1. The second-order valence-corrected chi connectivity index (χ2v) is 3.89. The fourth-order valence-electron chi connectivity index (χ4n) is 1.50. The van der Waals surface area contributed by atoms with Gasteiger partial charge in [-0.3, -0.25) is 0 Å². The Kier molecular flexibility index (Phi) is 8.46. The van der Waals surface area contributed by atoms with Crippen molar-refractivity contribution in [2.45, 2.75) is 32.7 Å². The van der Waals surface area contributed by atoms with E-state index < -0.39 is 5.97 Å². The zero-order chi connectivity index (χ0) is 11.8. The summed E-state index contributed by atoms with van der Waals surface area (Å²) >= 11 is 0. The van der Waals surface area contributed by atoms with Gasteiger partial charge in [0.15, 0.2) is 0 Å². The first-order valence-corrected chi connectivity index (χ1v) is 5.77. The molecule has 0 fully saturated rings. The topological polar surface area (TPSA) is 49.3 Å². The van der Waals surface area contributed by atoms with Crippen molar-refractivity contribution >= 4 is 18.4 Å². The number of carbonyl (C=O) groups is 1. The lowest BCUT2D eigenvalue weighted by molar-refractivity contribution is 0.0697. The monoisotopic (exact) mass is 257 g/mol. The van der Waals surface area contributed by atoms with E-state index in [1.807, 2.05) is 12.1 Å². The normalized spacial score (nSPS) is 9.71. The van der Waals surface area contributed by atoms with E-state index in [-0.39, 0.29) is 12.4 Å². The maximum absolute atomic E-state index is 10.6. The molecule has 0 aliphatic carbocycles. The molecule has 0 aromatic heterocycles. The van der Waals surface area contributed by atoms with E-state index in [2.05, 4.69) is 12.2 Å². The molecule has 96 valence electrons. The second kappa shape index (κ2) is 9.02. The van der Waals surface area contributed by atoms with Crippen molar-refractivity contribution in [3.8, 4) is 0 Å². The molecular weight excluding hydrogens is 238 g/mol. The van der Waals surface area contributed by atoms with E-state index in [1.54, 1.807) is 12.1 Å². The van der Waals surface area contributed by atoms with E-state index >= 15 is 0 Å². The van der Waals surface area contributed by atoms with Crippen LogP contribution in [0.3, 0.4) is 0 Å². The molecule has 1 aromatic carbocycles. The lowest BCUT2D eigenvalue weighted by atomic mass is 10.1. The van der Waals surface area contributed by atoms with Gasteiger partial charge in [0.25, 0.3) is 0 Å². The van der Waals surface area contributed by atoms with Crippen LogP contribution in [0.4, 0.5) is 0 Å². The highest BCUT2D eigenvalue weighted by molar-refractivity contribution is 5.87. The summed E-state index contributed by atoms with van der Waals surface area (Å²) in [6, 6.07) is 7.00. The van der Waals surface area contributed by atoms with Crippen LogP contribution in [0.25, 0.3) is 0 Å². The van der Waals surface area contributed by atoms with Gasteiger partial charge in [0.05, 0.1) is 5.56 Å². The third kappa shape index (κ3) is 6.29. The first-order valence-electron chi connectivity index (χ1n) is 5.77. The fraction of sp³-hybridized carbons (Fsp3) is 0.462. The third-order valence-electron chi connectivity index (χ3n) is 2.49. The minimum Gasteiger partial charge on any atom is -0.478 e. The molecule has 0 amide bonds. The molecule has 4 heteroatoms. The maximum Gasteiger partial charge on any atom is 0.335 e. The molecule has 0 aliphatic heterocycles. The Bertz CT molecular complexity index is 325. The SMILES string of the molecule is CCCCCNCc1ccc(C(=O)O)cc1.Cl. The van der Waals surface area contributed by atoms with Crippen LogP contribution in [0.1, 0.15) is 42.1 Å². The number of unbranched alkanes of at least 4 members (excludes halogenated alkanes) is 2. The van der Waals surface area contributed by atoms with Gasteiger partial charge in [0.2, 0.25) is 0 Å². The van der Waals surface area contributed by atoms with Crippen LogP contribution in [0.15, 0.2) is 24.3 Å². The van der Waals surface area contributed by atoms with E-state index in [9.17, 15) is 4.79 Å². The summed E-state index contributed by atoms with van der Waals surface area (Å²) < 4.78 is 0. The van der Waals surface area contributed by atoms with Gasteiger partial charge in [-0.2, -0.15) is 0 Å². The summed E-state index contributed by atoms with van der Waals surface area (Å²) in [4.78, 5) is 10.6. The van der Waals surface area contributed by atoms with Gasteiger partial charge in [-0.25, -0.2) is 4.79 Å². The van der Waals surface area contributed by atoms with E-state index in [4.69, 9.17) is 5.11 Å². The molecule has 0 bridgehead atoms. The van der Waals surface area contributed by atoms with Gasteiger partial charge in [0.1, 0.15) is 0 Å². The predicted octanol–water partition coefficient (Wildman–Crippen LogP) is 3.09. The van der Waals surface area contributed by atoms with Crippen LogP contribution in [-0.2, 0) is 6.54 Å². The number of carboxylic acids is 1. The van der Waals surface area contributed by atoms with E-state index in [0.717, 1.165) is 18.7 Å². The molecule has 0 spiro atoms. The van der Waals surface area contributed by atoms with Crippen LogP contribution in [-0.4, -0.2) is 17.6 Å². The number of aromatic carboxylic acids is 1. The van der Waals surface area contributed by atoms with Crippen LogP contribution in [0.2, 0.25) is 0 Å². The average molecular weight is 258 g/mol. The van der Waals surface area contributed by atoms with Gasteiger partial charge in [-0.15, -0.1) is 12.4 Å². The smallest absolute Gasteiger partial charge is 0.335 e. The predicted molar refractivity (Wildman–Crippen MR) is 71.9 cm³/mol. The second-order valence-electron chi connectivity index (χ2n) is 3.89. The largest absolute Gasteiger partial charge is 0.478 e. The first-order chi connectivity index (χ1) is 7.74. The van der Waals surface area contributed by atoms with E-state index in [0.29, 0.717) is 5.56 Å². The highest BCUT2D eigenvalue weighted by Gasteiger charge is 2.00. The summed E-state index contributed by atoms with van der Waals surface area (Å²) in [5.74, 6) is -0.873. The molecular formula is C13H20ClNO2. The Morgan fingerprint density at radius 3 is 2.41 bits per heavy atom. The summed E-state index contributed by atoms with van der Waals surface area (Å²) in [5.41, 5.74) is 1.47. The molecule has 0 aliphatic rings. The molecule has 3 nitrogen and oxygen atoms in total. The van der Waals surface area contributed by atoms with Gasteiger partial charge in [0, 0.05) is 6.54 Å². The van der Waals surface area contributed by atoms with Gasteiger partial charge in [-0.1, -0.05) is 31.9 Å². The average Bonchev–Trinajstić information content (AvgIpc) is 2.29. The zero-order valence-corrected chi connectivity index (χ0v) is 10.9. The lowest BCUT2D eigenvalue weighted by Gasteiger charge is -2.04. The van der Waals surface area contributed by atoms with Crippen molar-refractivity contribution in [2.75, 3.05) is 6.54 Å². The highest BCUT2D eigenvalue weighted by atomic mass is 35.5. The minimum atomic E-state index is -0.873. The molecule has 0 atom stereocenters. The number of hydrogen-bond donors (Lipinski definition) is 2. The maximum atomic E-state index is 10.6. The summed E-state index contributed by atoms with van der Waals surface area (Å²) in [7, 11) is 0. The Balaban J connectivity index is 0.00000256. The molecule has 1 aromatic rings. The lowest BCUT2D eigenvalue weighted by Crippen LogP contribution is -2.14. The van der Waals surface area contributed by atoms with Crippen molar-refractivity contribution in [3.05, 3.63) is 35.4 Å². The quantitative estimate of drug-likeness (QED) is 0.738. The molecule has 1 rings (SSSR count).